The fraction of sp³-hybridized carbons (Fsp3) is 0.452. The number of halogens is 2. The molecule has 3 heterocycles. The minimum Gasteiger partial charge on any atom is -0.496 e. The van der Waals surface area contributed by atoms with Crippen molar-refractivity contribution in [1.82, 2.24) is 9.88 Å². The Morgan fingerprint density at radius 3 is 2.83 bits per heavy atom. The Bertz CT molecular complexity index is 1300. The molecule has 40 heavy (non-hydrogen) atoms. The van der Waals surface area contributed by atoms with Crippen molar-refractivity contribution in [2.24, 2.45) is 0 Å². The molecule has 0 saturated carbocycles. The van der Waals surface area contributed by atoms with Crippen molar-refractivity contribution in [3.63, 3.8) is 0 Å². The predicted molar refractivity (Wildman–Crippen MR) is 162 cm³/mol. The van der Waals surface area contributed by atoms with Crippen LogP contribution in [0.5, 0.6) is 5.75 Å². The Labute approximate surface area is 254 Å². The minimum absolute atomic E-state index is 0.0213. The number of amides is 1. The van der Waals surface area contributed by atoms with Gasteiger partial charge in [-0.2, -0.15) is 0 Å². The smallest absolute Gasteiger partial charge is 0.336 e. The molecular formula is C31H34ClIN2O5. The van der Waals surface area contributed by atoms with Gasteiger partial charge in [0.25, 0.3) is 0 Å². The third-order valence-corrected chi connectivity index (χ3v) is 8.16. The zero-order valence-corrected chi connectivity index (χ0v) is 25.8. The average Bonchev–Trinajstić information content (AvgIpc) is 3.47. The van der Waals surface area contributed by atoms with Crippen LogP contribution in [0.15, 0.2) is 47.8 Å². The zero-order valence-electron chi connectivity index (χ0n) is 22.9. The normalized spacial score (nSPS) is 18.9. The van der Waals surface area contributed by atoms with Gasteiger partial charge in [-0.15, -0.1) is 0 Å². The molecule has 7 nitrogen and oxygen atoms in total. The van der Waals surface area contributed by atoms with Gasteiger partial charge in [-0.3, -0.25) is 4.79 Å². The van der Waals surface area contributed by atoms with Gasteiger partial charge in [-0.05, 0) is 60.8 Å². The van der Waals surface area contributed by atoms with Crippen LogP contribution in [0.1, 0.15) is 68.1 Å². The molecule has 2 atom stereocenters. The first-order valence-corrected chi connectivity index (χ1v) is 15.4. The number of unbranched alkanes of at least 4 members (excludes halogenated alkanes) is 2. The summed E-state index contributed by atoms with van der Waals surface area (Å²) >= 11 is 8.38. The number of carbonyl (C=O) groups is 2. The Morgan fingerprint density at radius 1 is 1.27 bits per heavy atom. The summed E-state index contributed by atoms with van der Waals surface area (Å²) in [4.78, 5) is 32.7. The van der Waals surface area contributed by atoms with Gasteiger partial charge >= 0.3 is 5.97 Å². The number of esters is 1. The highest BCUT2D eigenvalue weighted by Gasteiger charge is 2.38. The number of alkyl halides is 1. The van der Waals surface area contributed by atoms with E-state index in [0.717, 1.165) is 53.2 Å². The molecule has 0 unspecified atom stereocenters. The van der Waals surface area contributed by atoms with Crippen LogP contribution in [0.2, 0.25) is 5.15 Å². The second-order valence-corrected chi connectivity index (χ2v) is 11.3. The van der Waals surface area contributed by atoms with Crippen molar-refractivity contribution in [1.29, 1.82) is 0 Å². The molecule has 2 aromatic rings. The number of hydrogen-bond donors (Lipinski definition) is 0. The summed E-state index contributed by atoms with van der Waals surface area (Å²) in [7, 11) is 1.59. The lowest BCUT2D eigenvalue weighted by molar-refractivity contribution is -0.141. The molecule has 2 aliphatic rings. The van der Waals surface area contributed by atoms with Crippen LogP contribution < -0.4 is 4.74 Å². The molecule has 1 aromatic carbocycles. The molecule has 2 aliphatic heterocycles. The standard InChI is InChI=1S/C31H34ClIN2O5/c1-21-30(31(37)40-20-24-11-10-22(16-27(24)38-2)8-5-3-4-6-14-33)26(23-12-13-28(32)34-18-23)17-29(36)35(21)19-25-9-7-15-39-25/h10-13,16,18,25-26H,3-4,6-7,9,14-15,17,19-20H2,1-2H3/t25-,26+/m1/s1. The third kappa shape index (κ3) is 7.77. The predicted octanol–water partition coefficient (Wildman–Crippen LogP) is 6.21. The third-order valence-electron chi connectivity index (χ3n) is 7.17. The Balaban J connectivity index is 1.55. The molecular weight excluding hydrogens is 643 g/mol. The van der Waals surface area contributed by atoms with E-state index in [2.05, 4.69) is 39.4 Å². The Kier molecular flexibility index (Phi) is 11.3. The molecule has 1 amide bonds. The number of benzene rings is 1. The van der Waals surface area contributed by atoms with Crippen LogP contribution in [0.4, 0.5) is 0 Å². The van der Waals surface area contributed by atoms with E-state index in [1.165, 1.54) is 0 Å². The maximum Gasteiger partial charge on any atom is 0.336 e. The number of ether oxygens (including phenoxy) is 3. The summed E-state index contributed by atoms with van der Waals surface area (Å²) in [6, 6.07) is 9.11. The monoisotopic (exact) mass is 676 g/mol. The first kappa shape index (κ1) is 30.4. The maximum atomic E-state index is 13.7. The Morgan fingerprint density at radius 2 is 2.12 bits per heavy atom. The lowest BCUT2D eigenvalue weighted by Gasteiger charge is -2.35. The molecule has 0 spiro atoms. The van der Waals surface area contributed by atoms with Crippen LogP contribution in [0.3, 0.4) is 0 Å². The number of rotatable bonds is 10. The van der Waals surface area contributed by atoms with Gasteiger partial charge in [-0.1, -0.05) is 58.2 Å². The van der Waals surface area contributed by atoms with E-state index < -0.39 is 11.9 Å². The first-order valence-electron chi connectivity index (χ1n) is 13.5. The van der Waals surface area contributed by atoms with Crippen LogP contribution >= 0.6 is 34.2 Å². The van der Waals surface area contributed by atoms with Gasteiger partial charge in [0, 0.05) is 48.4 Å². The van der Waals surface area contributed by atoms with Crippen molar-refractivity contribution in [2.75, 3.05) is 24.7 Å². The van der Waals surface area contributed by atoms with Gasteiger partial charge in [0.05, 0.1) is 25.3 Å². The quantitative estimate of drug-likeness (QED) is 0.0744. The summed E-state index contributed by atoms with van der Waals surface area (Å²) in [5.41, 5.74) is 3.34. The fourth-order valence-electron chi connectivity index (χ4n) is 5.01. The molecule has 1 aromatic heterocycles. The van der Waals surface area contributed by atoms with E-state index in [9.17, 15) is 9.59 Å². The molecule has 1 fully saturated rings. The average molecular weight is 677 g/mol. The molecule has 212 valence electrons. The molecule has 0 bridgehead atoms. The van der Waals surface area contributed by atoms with Crippen LogP contribution in [0, 0.1) is 11.8 Å². The van der Waals surface area contributed by atoms with Crippen molar-refractivity contribution in [3.05, 3.63) is 69.6 Å². The van der Waals surface area contributed by atoms with Crippen LogP contribution in [0.25, 0.3) is 0 Å². The number of allylic oxidation sites excluding steroid dienone is 1. The summed E-state index contributed by atoms with van der Waals surface area (Å²) in [5, 5.41) is 0.344. The SMILES string of the molecule is COc1cc(C#CCCCCI)ccc1COC(=O)C1=C(C)N(C[C@H]2CCCO2)C(=O)C[C@H]1c1ccc(Cl)nc1. The van der Waals surface area contributed by atoms with Crippen LogP contribution in [-0.4, -0.2) is 52.6 Å². The highest BCUT2D eigenvalue weighted by Crippen LogP contribution is 2.38. The molecule has 9 heteroatoms. The zero-order chi connectivity index (χ0) is 28.5. The van der Waals surface area contributed by atoms with Gasteiger partial charge < -0.3 is 19.1 Å². The second-order valence-electron chi connectivity index (χ2n) is 9.86. The number of pyridine rings is 1. The van der Waals surface area contributed by atoms with Crippen molar-refractivity contribution in [2.45, 2.75) is 64.1 Å². The Hall–Kier alpha value is -2.61. The number of methoxy groups -OCH3 is 1. The highest BCUT2D eigenvalue weighted by atomic mass is 127. The topological polar surface area (TPSA) is 78.0 Å². The highest BCUT2D eigenvalue weighted by molar-refractivity contribution is 14.1. The number of hydrogen-bond acceptors (Lipinski definition) is 6. The van der Waals surface area contributed by atoms with Gasteiger partial charge in [0.15, 0.2) is 0 Å². The summed E-state index contributed by atoms with van der Waals surface area (Å²) in [6.45, 7) is 2.93. The largest absolute Gasteiger partial charge is 0.496 e. The maximum absolute atomic E-state index is 13.7. The van der Waals surface area contributed by atoms with Gasteiger partial charge in [0.2, 0.25) is 5.91 Å². The van der Waals surface area contributed by atoms with Crippen molar-refractivity contribution in [3.8, 4) is 17.6 Å². The van der Waals surface area contributed by atoms with Gasteiger partial charge in [-0.25, -0.2) is 9.78 Å². The fourth-order valence-corrected chi connectivity index (χ4v) is 5.66. The molecule has 4 rings (SSSR count). The van der Waals surface area contributed by atoms with E-state index in [1.807, 2.05) is 18.2 Å². The van der Waals surface area contributed by atoms with Crippen LogP contribution in [-0.2, 0) is 25.7 Å². The molecule has 0 radical (unpaired) electrons. The lowest BCUT2D eigenvalue weighted by atomic mass is 9.84. The second kappa shape index (κ2) is 14.9. The molecule has 0 N–H and O–H groups in total. The van der Waals surface area contributed by atoms with E-state index in [0.29, 0.717) is 35.3 Å². The minimum atomic E-state index is -0.489. The van der Waals surface area contributed by atoms with E-state index >= 15 is 0 Å². The number of carbonyl (C=O) groups excluding carboxylic acids is 2. The number of nitrogens with zero attached hydrogens (tertiary/aromatic N) is 2. The number of aromatic nitrogens is 1. The molecule has 0 aliphatic carbocycles. The first-order chi connectivity index (χ1) is 19.4. The lowest BCUT2D eigenvalue weighted by Crippen LogP contribution is -2.42. The van der Waals surface area contributed by atoms with Crippen molar-refractivity contribution < 1.29 is 23.8 Å². The summed E-state index contributed by atoms with van der Waals surface area (Å²) in [5.74, 6) is 5.97. The van der Waals surface area contributed by atoms with Crippen molar-refractivity contribution >= 4 is 46.1 Å². The summed E-state index contributed by atoms with van der Waals surface area (Å²) in [6.07, 6.45) is 6.66. The summed E-state index contributed by atoms with van der Waals surface area (Å²) < 4.78 is 18.3. The van der Waals surface area contributed by atoms with E-state index in [4.69, 9.17) is 25.8 Å². The molecule has 1 saturated heterocycles. The van der Waals surface area contributed by atoms with E-state index in [-0.39, 0.29) is 25.0 Å². The van der Waals surface area contributed by atoms with E-state index in [1.54, 1.807) is 37.3 Å². The van der Waals surface area contributed by atoms with Gasteiger partial charge in [0.1, 0.15) is 17.5 Å².